The topological polar surface area (TPSA) is 61.6 Å². The van der Waals surface area contributed by atoms with Crippen molar-refractivity contribution in [2.75, 3.05) is 32.7 Å². The largest absolute Gasteiger partial charge is 0.440 e. The number of carbonyl (C=O) groups excluding carboxylic acids is 1. The molecule has 1 atom stereocenters. The minimum atomic E-state index is 0.223. The maximum atomic E-state index is 12.8. The number of oxazole rings is 1. The Kier molecular flexibility index (Phi) is 5.12. The Hall–Kier alpha value is -1.89. The van der Waals surface area contributed by atoms with Crippen molar-refractivity contribution in [3.8, 4) is 11.5 Å². The van der Waals surface area contributed by atoms with Crippen LogP contribution in [0, 0.1) is 18.3 Å². The van der Waals surface area contributed by atoms with Crippen LogP contribution in [0.2, 0.25) is 5.02 Å². The van der Waals surface area contributed by atoms with E-state index in [1.165, 1.54) is 0 Å². The van der Waals surface area contributed by atoms with Gasteiger partial charge < -0.3 is 14.6 Å². The fourth-order valence-corrected chi connectivity index (χ4v) is 5.44. The fraction of sp³-hybridized carbons (Fsp3) is 0.565. The number of nitrogens with one attached hydrogen (secondary N) is 1. The molecule has 0 radical (unpaired) electrons. The normalized spacial score (nSPS) is 24.0. The second-order valence-electron chi connectivity index (χ2n) is 9.42. The van der Waals surface area contributed by atoms with Crippen molar-refractivity contribution in [1.29, 1.82) is 0 Å². The van der Waals surface area contributed by atoms with Gasteiger partial charge in [-0.15, -0.1) is 0 Å². The molecule has 5 rings (SSSR count). The maximum absolute atomic E-state index is 12.8. The van der Waals surface area contributed by atoms with Crippen molar-refractivity contribution in [3.05, 3.63) is 40.7 Å². The highest BCUT2D eigenvalue weighted by atomic mass is 35.5. The third-order valence-corrected chi connectivity index (χ3v) is 7.11. The minimum Gasteiger partial charge on any atom is -0.440 e. The van der Waals surface area contributed by atoms with E-state index < -0.39 is 0 Å². The molecular formula is C23H29ClN4O2. The summed E-state index contributed by atoms with van der Waals surface area (Å²) in [5.74, 6) is 2.16. The molecule has 3 fully saturated rings. The van der Waals surface area contributed by atoms with Gasteiger partial charge in [-0.05, 0) is 56.4 Å². The lowest BCUT2D eigenvalue weighted by Gasteiger charge is -2.59. The zero-order chi connectivity index (χ0) is 20.9. The summed E-state index contributed by atoms with van der Waals surface area (Å²) in [7, 11) is 0. The summed E-state index contributed by atoms with van der Waals surface area (Å²) in [6, 6.07) is 7.97. The Morgan fingerprint density at radius 3 is 2.73 bits per heavy atom. The van der Waals surface area contributed by atoms with E-state index in [9.17, 15) is 4.79 Å². The number of amides is 1. The molecule has 1 N–H and O–H groups in total. The second-order valence-corrected chi connectivity index (χ2v) is 9.86. The van der Waals surface area contributed by atoms with Crippen LogP contribution in [-0.4, -0.2) is 59.5 Å². The molecule has 7 heteroatoms. The lowest BCUT2D eigenvalue weighted by Crippen LogP contribution is -2.64. The van der Waals surface area contributed by atoms with Crippen molar-refractivity contribution < 1.29 is 9.21 Å². The molecule has 2 aromatic rings. The Bertz CT molecular complexity index is 927. The molecule has 160 valence electrons. The number of carbonyl (C=O) groups is 1. The van der Waals surface area contributed by atoms with Crippen LogP contribution in [0.4, 0.5) is 0 Å². The summed E-state index contributed by atoms with van der Waals surface area (Å²) in [6.07, 6.45) is 2.07. The van der Waals surface area contributed by atoms with E-state index in [0.717, 1.165) is 69.1 Å². The predicted molar refractivity (Wildman–Crippen MR) is 116 cm³/mol. The van der Waals surface area contributed by atoms with Crippen LogP contribution in [0.25, 0.3) is 11.5 Å². The molecule has 1 saturated carbocycles. The number of piperazine rings is 1. The van der Waals surface area contributed by atoms with Gasteiger partial charge in [0, 0.05) is 55.3 Å². The van der Waals surface area contributed by atoms with E-state index in [1.54, 1.807) is 0 Å². The average Bonchev–Trinajstić information content (AvgIpc) is 3.03. The summed E-state index contributed by atoms with van der Waals surface area (Å²) in [5.41, 5.74) is 2.22. The number of aryl methyl sites for hydroxylation is 1. The van der Waals surface area contributed by atoms with Crippen molar-refractivity contribution in [1.82, 2.24) is 20.1 Å². The third kappa shape index (κ3) is 3.77. The first-order chi connectivity index (χ1) is 14.4. The number of hydrogen-bond donors (Lipinski definition) is 1. The number of rotatable bonds is 4. The van der Waals surface area contributed by atoms with Crippen LogP contribution < -0.4 is 5.32 Å². The standard InChI is InChI=1S/C23H29ClN4O2/c1-15-11-28(8-7-25-15)22(29)18-9-23(10-18)13-27(14-23)12-20-16(2)26-21(30-20)17-3-5-19(24)6-4-17/h3-6,15,18,25H,7-14H2,1-2H3/t15-/m0/s1. The molecule has 1 aromatic heterocycles. The predicted octanol–water partition coefficient (Wildman–Crippen LogP) is 3.34. The van der Waals surface area contributed by atoms with E-state index in [1.807, 2.05) is 31.2 Å². The van der Waals surface area contributed by atoms with Gasteiger partial charge in [-0.3, -0.25) is 9.69 Å². The molecule has 1 spiro atoms. The van der Waals surface area contributed by atoms with Crippen LogP contribution >= 0.6 is 11.6 Å². The second kappa shape index (κ2) is 7.66. The summed E-state index contributed by atoms with van der Waals surface area (Å²) in [5, 5.41) is 4.11. The van der Waals surface area contributed by atoms with Crippen LogP contribution in [0.3, 0.4) is 0 Å². The lowest BCUT2D eigenvalue weighted by molar-refractivity contribution is -0.156. The van der Waals surface area contributed by atoms with Gasteiger partial charge in [-0.1, -0.05) is 11.6 Å². The van der Waals surface area contributed by atoms with E-state index in [0.29, 0.717) is 28.3 Å². The zero-order valence-corrected chi connectivity index (χ0v) is 18.4. The average molecular weight is 429 g/mol. The third-order valence-electron chi connectivity index (χ3n) is 6.86. The van der Waals surface area contributed by atoms with E-state index in [2.05, 4.69) is 27.0 Å². The molecule has 2 aliphatic heterocycles. The molecule has 3 aliphatic rings. The van der Waals surface area contributed by atoms with Crippen LogP contribution in [-0.2, 0) is 11.3 Å². The number of likely N-dealkylation sites (tertiary alicyclic amines) is 1. The lowest BCUT2D eigenvalue weighted by atomic mass is 9.57. The minimum absolute atomic E-state index is 0.223. The van der Waals surface area contributed by atoms with Gasteiger partial charge in [0.05, 0.1) is 12.2 Å². The van der Waals surface area contributed by atoms with Crippen molar-refractivity contribution >= 4 is 17.5 Å². The number of hydrogen-bond acceptors (Lipinski definition) is 5. The van der Waals surface area contributed by atoms with Gasteiger partial charge in [0.2, 0.25) is 11.8 Å². The Morgan fingerprint density at radius 1 is 1.30 bits per heavy atom. The van der Waals surface area contributed by atoms with E-state index in [-0.39, 0.29) is 5.92 Å². The van der Waals surface area contributed by atoms with Crippen molar-refractivity contribution in [2.45, 2.75) is 39.3 Å². The smallest absolute Gasteiger partial charge is 0.226 e. The number of nitrogens with zero attached hydrogens (tertiary/aromatic N) is 3. The molecule has 0 unspecified atom stereocenters. The molecule has 0 bridgehead atoms. The van der Waals surface area contributed by atoms with Gasteiger partial charge in [-0.2, -0.15) is 0 Å². The summed E-state index contributed by atoms with van der Waals surface area (Å²) < 4.78 is 6.05. The Morgan fingerprint density at radius 2 is 2.03 bits per heavy atom. The molecule has 30 heavy (non-hydrogen) atoms. The highest BCUT2D eigenvalue weighted by Crippen LogP contribution is 2.52. The SMILES string of the molecule is Cc1nc(-c2ccc(Cl)cc2)oc1CN1CC2(CC(C(=O)N3CCN[C@@H](C)C3)C2)C1. The molecule has 2 saturated heterocycles. The number of benzene rings is 1. The molecular weight excluding hydrogens is 400 g/mol. The summed E-state index contributed by atoms with van der Waals surface area (Å²) >= 11 is 5.97. The van der Waals surface area contributed by atoms with Gasteiger partial charge in [0.15, 0.2) is 0 Å². The molecule has 6 nitrogen and oxygen atoms in total. The van der Waals surface area contributed by atoms with Gasteiger partial charge in [-0.25, -0.2) is 4.98 Å². The quantitative estimate of drug-likeness (QED) is 0.809. The Labute approximate surface area is 182 Å². The first kappa shape index (κ1) is 20.0. The van der Waals surface area contributed by atoms with Gasteiger partial charge in [0.1, 0.15) is 5.76 Å². The molecule has 1 amide bonds. The van der Waals surface area contributed by atoms with Crippen molar-refractivity contribution in [3.63, 3.8) is 0 Å². The monoisotopic (exact) mass is 428 g/mol. The van der Waals surface area contributed by atoms with Crippen LogP contribution in [0.1, 0.15) is 31.2 Å². The summed E-state index contributed by atoms with van der Waals surface area (Å²) in [4.78, 5) is 21.8. The van der Waals surface area contributed by atoms with Crippen LogP contribution in [0.5, 0.6) is 0 Å². The number of halogens is 1. The summed E-state index contributed by atoms with van der Waals surface area (Å²) in [6.45, 7) is 9.62. The highest BCUT2D eigenvalue weighted by Gasteiger charge is 2.55. The van der Waals surface area contributed by atoms with E-state index >= 15 is 0 Å². The maximum Gasteiger partial charge on any atom is 0.226 e. The molecule has 3 heterocycles. The molecule has 1 aliphatic carbocycles. The first-order valence-electron chi connectivity index (χ1n) is 10.9. The molecule has 1 aromatic carbocycles. The van der Waals surface area contributed by atoms with Crippen molar-refractivity contribution in [2.24, 2.45) is 11.3 Å². The highest BCUT2D eigenvalue weighted by molar-refractivity contribution is 6.30. The van der Waals surface area contributed by atoms with Gasteiger partial charge in [0.25, 0.3) is 0 Å². The first-order valence-corrected chi connectivity index (χ1v) is 11.3. The van der Waals surface area contributed by atoms with Crippen LogP contribution in [0.15, 0.2) is 28.7 Å². The number of aromatic nitrogens is 1. The fourth-order valence-electron chi connectivity index (χ4n) is 5.32. The van der Waals surface area contributed by atoms with Gasteiger partial charge >= 0.3 is 0 Å². The van der Waals surface area contributed by atoms with E-state index in [4.69, 9.17) is 16.0 Å². The zero-order valence-electron chi connectivity index (χ0n) is 17.7. The Balaban J connectivity index is 1.13.